The van der Waals surface area contributed by atoms with E-state index in [1.807, 2.05) is 43.3 Å². The molecule has 0 atom stereocenters. The molecule has 4 aromatic rings. The summed E-state index contributed by atoms with van der Waals surface area (Å²) < 4.78 is 10.8. The Morgan fingerprint density at radius 3 is 2.39 bits per heavy atom. The quantitative estimate of drug-likeness (QED) is 0.325. The molecule has 196 valence electrons. The van der Waals surface area contributed by atoms with Gasteiger partial charge in [-0.1, -0.05) is 37.6 Å². The zero-order valence-electron chi connectivity index (χ0n) is 22.4. The first kappa shape index (κ1) is 25.7. The molecule has 38 heavy (non-hydrogen) atoms. The van der Waals surface area contributed by atoms with Crippen LogP contribution in [0.4, 0.5) is 0 Å². The highest BCUT2D eigenvalue weighted by molar-refractivity contribution is 5.76. The number of imidazole rings is 1. The summed E-state index contributed by atoms with van der Waals surface area (Å²) in [6.45, 7) is 8.10. The van der Waals surface area contributed by atoms with Gasteiger partial charge in [0.25, 0.3) is 0 Å². The lowest BCUT2D eigenvalue weighted by Crippen LogP contribution is -2.34. The Labute approximate surface area is 224 Å². The van der Waals surface area contributed by atoms with Crippen LogP contribution < -0.4 is 15.7 Å². The van der Waals surface area contributed by atoms with Crippen LogP contribution in [0, 0.1) is 18.3 Å². The number of unbranched alkanes of at least 4 members (excludes halogenated alkanes) is 1. The third-order valence-corrected chi connectivity index (χ3v) is 7.11. The lowest BCUT2D eigenvalue weighted by molar-refractivity contribution is 0.303. The zero-order chi connectivity index (χ0) is 26.3. The molecule has 5 rings (SSSR count). The third-order valence-electron chi connectivity index (χ3n) is 7.11. The average molecular weight is 509 g/mol. The Bertz CT molecular complexity index is 1490. The first-order chi connectivity index (χ1) is 18.7. The molecule has 1 saturated heterocycles. The maximum atomic E-state index is 9.24. The van der Waals surface area contributed by atoms with Crippen molar-refractivity contribution >= 4 is 11.0 Å². The van der Waals surface area contributed by atoms with Crippen LogP contribution in [0.25, 0.3) is 11.0 Å². The number of benzene rings is 2. The maximum absolute atomic E-state index is 9.24. The molecule has 0 unspecified atom stereocenters. The van der Waals surface area contributed by atoms with E-state index in [2.05, 4.69) is 51.7 Å². The summed E-state index contributed by atoms with van der Waals surface area (Å²) in [7, 11) is 0. The number of pyridine rings is 1. The van der Waals surface area contributed by atoms with Crippen molar-refractivity contribution in [2.75, 3.05) is 19.7 Å². The minimum absolute atomic E-state index is 0.261. The van der Waals surface area contributed by atoms with E-state index >= 15 is 0 Å². The Kier molecular flexibility index (Phi) is 8.20. The second-order valence-corrected chi connectivity index (χ2v) is 9.98. The Morgan fingerprint density at radius 2 is 1.71 bits per heavy atom. The van der Waals surface area contributed by atoms with Gasteiger partial charge in [0.05, 0.1) is 48.4 Å². The molecule has 0 saturated carbocycles. The van der Waals surface area contributed by atoms with E-state index in [4.69, 9.17) is 14.7 Å². The van der Waals surface area contributed by atoms with Gasteiger partial charge in [0.1, 0.15) is 11.4 Å². The minimum atomic E-state index is 0.261. The smallest absolute Gasteiger partial charge is 0.206 e. The van der Waals surface area contributed by atoms with Crippen LogP contribution in [-0.2, 0) is 13.1 Å². The number of ether oxygens (including phenoxy) is 1. The number of rotatable bonds is 9. The highest BCUT2D eigenvalue weighted by Gasteiger charge is 2.18. The summed E-state index contributed by atoms with van der Waals surface area (Å²) in [5.41, 5.74) is 6.90. The topological polar surface area (TPSA) is 80.2 Å². The lowest BCUT2D eigenvalue weighted by Gasteiger charge is -2.19. The van der Waals surface area contributed by atoms with Gasteiger partial charge in [-0.3, -0.25) is 4.98 Å². The summed E-state index contributed by atoms with van der Waals surface area (Å²) in [5.74, 6) is 0.841. The van der Waals surface area contributed by atoms with Gasteiger partial charge in [-0.2, -0.15) is 5.26 Å². The summed E-state index contributed by atoms with van der Waals surface area (Å²) in [6, 6.07) is 22.9. The van der Waals surface area contributed by atoms with E-state index in [1.165, 1.54) is 0 Å². The Balaban J connectivity index is 1.64. The third kappa shape index (κ3) is 5.81. The average Bonchev–Trinajstić information content (AvgIpc) is 3.22. The van der Waals surface area contributed by atoms with Crippen LogP contribution in [0.5, 0.6) is 5.75 Å². The number of aromatic nitrogens is 3. The fourth-order valence-electron chi connectivity index (χ4n) is 5.02. The van der Waals surface area contributed by atoms with Crippen LogP contribution in [0.2, 0.25) is 0 Å². The van der Waals surface area contributed by atoms with Gasteiger partial charge in [0.15, 0.2) is 0 Å². The molecule has 0 aliphatic carbocycles. The summed E-state index contributed by atoms with van der Waals surface area (Å²) in [6.07, 6.45) is 4.14. The molecule has 1 fully saturated rings. The molecule has 0 amide bonds. The minimum Gasteiger partial charge on any atom is -0.492 e. The van der Waals surface area contributed by atoms with Crippen molar-refractivity contribution in [1.82, 2.24) is 19.4 Å². The van der Waals surface area contributed by atoms with Crippen molar-refractivity contribution in [1.29, 1.82) is 5.26 Å². The standard InChI is InChI=1S/C31H36N6O/c1-3-4-19-38-30-14-9-23(2)34-27(30)22-37-29-8-6-5-7-28(29)36(21-25-12-10-24(20-32)11-13-25)31(37)35-26-15-17-33-18-16-26/h5-14,26,33H,3-4,15-19,21-22H2,1-2H3. The van der Waals surface area contributed by atoms with E-state index in [9.17, 15) is 5.26 Å². The number of aryl methyl sites for hydroxylation is 1. The molecule has 0 bridgehead atoms. The molecule has 0 radical (unpaired) electrons. The van der Waals surface area contributed by atoms with Crippen LogP contribution in [0.15, 0.2) is 65.7 Å². The first-order valence-electron chi connectivity index (χ1n) is 13.7. The maximum Gasteiger partial charge on any atom is 0.206 e. The van der Waals surface area contributed by atoms with Crippen LogP contribution in [-0.4, -0.2) is 39.9 Å². The molecular weight excluding hydrogens is 472 g/mol. The second-order valence-electron chi connectivity index (χ2n) is 9.98. The molecule has 3 heterocycles. The molecular formula is C31H36N6O. The van der Waals surface area contributed by atoms with Gasteiger partial charge in [-0.05, 0) is 81.2 Å². The van der Waals surface area contributed by atoms with E-state index in [0.29, 0.717) is 25.3 Å². The number of nitrogens with zero attached hydrogens (tertiary/aromatic N) is 5. The molecule has 2 aromatic heterocycles. The van der Waals surface area contributed by atoms with Crippen molar-refractivity contribution in [2.24, 2.45) is 4.99 Å². The van der Waals surface area contributed by atoms with Crippen molar-refractivity contribution in [2.45, 2.75) is 58.7 Å². The van der Waals surface area contributed by atoms with Crippen LogP contribution in [0.3, 0.4) is 0 Å². The molecule has 1 N–H and O–H groups in total. The monoisotopic (exact) mass is 508 g/mol. The summed E-state index contributed by atoms with van der Waals surface area (Å²) in [4.78, 5) is 10.3. The number of hydrogen-bond donors (Lipinski definition) is 1. The highest BCUT2D eigenvalue weighted by Crippen LogP contribution is 2.22. The van der Waals surface area contributed by atoms with E-state index < -0.39 is 0 Å². The number of nitriles is 1. The number of para-hydroxylation sites is 2. The molecule has 2 aromatic carbocycles. The van der Waals surface area contributed by atoms with Gasteiger partial charge in [-0.25, -0.2) is 4.99 Å². The molecule has 1 aliphatic heterocycles. The SMILES string of the molecule is CCCCOc1ccc(C)nc1Cn1c(=NC2CCNCC2)n(Cc2ccc(C#N)cc2)c2ccccc21. The van der Waals surface area contributed by atoms with Crippen molar-refractivity contribution in [3.8, 4) is 11.8 Å². The molecule has 7 nitrogen and oxygen atoms in total. The summed E-state index contributed by atoms with van der Waals surface area (Å²) >= 11 is 0. The Morgan fingerprint density at radius 1 is 1.00 bits per heavy atom. The van der Waals surface area contributed by atoms with Gasteiger partial charge in [0, 0.05) is 5.69 Å². The normalized spacial score (nSPS) is 14.6. The van der Waals surface area contributed by atoms with E-state index in [1.54, 1.807) is 0 Å². The van der Waals surface area contributed by atoms with E-state index in [0.717, 1.165) is 78.1 Å². The number of nitrogens with one attached hydrogen (secondary N) is 1. The van der Waals surface area contributed by atoms with E-state index in [-0.39, 0.29) is 6.04 Å². The van der Waals surface area contributed by atoms with Gasteiger partial charge >= 0.3 is 0 Å². The molecule has 7 heteroatoms. The second kappa shape index (κ2) is 12.1. The lowest BCUT2D eigenvalue weighted by atomic mass is 10.1. The predicted octanol–water partition coefficient (Wildman–Crippen LogP) is 4.95. The predicted molar refractivity (Wildman–Crippen MR) is 150 cm³/mol. The zero-order valence-corrected chi connectivity index (χ0v) is 22.4. The molecule has 1 aliphatic rings. The van der Waals surface area contributed by atoms with Gasteiger partial charge < -0.3 is 19.2 Å². The summed E-state index contributed by atoms with van der Waals surface area (Å²) in [5, 5.41) is 12.7. The first-order valence-corrected chi connectivity index (χ1v) is 13.7. The molecule has 0 spiro atoms. The van der Waals surface area contributed by atoms with Crippen molar-refractivity contribution in [3.63, 3.8) is 0 Å². The largest absolute Gasteiger partial charge is 0.492 e. The fraction of sp³-hybridized carbons (Fsp3) is 0.387. The highest BCUT2D eigenvalue weighted by atomic mass is 16.5. The van der Waals surface area contributed by atoms with Crippen LogP contribution in [0.1, 0.15) is 55.1 Å². The van der Waals surface area contributed by atoms with Gasteiger partial charge in [0.2, 0.25) is 5.62 Å². The van der Waals surface area contributed by atoms with Crippen LogP contribution >= 0.6 is 0 Å². The van der Waals surface area contributed by atoms with Crippen molar-refractivity contribution in [3.05, 3.63) is 88.8 Å². The van der Waals surface area contributed by atoms with Crippen molar-refractivity contribution < 1.29 is 4.74 Å². The fourth-order valence-corrected chi connectivity index (χ4v) is 5.02. The number of piperidine rings is 1. The Hall–Kier alpha value is -3.89. The number of hydrogen-bond acceptors (Lipinski definition) is 5. The number of fused-ring (bicyclic) bond motifs is 1. The van der Waals surface area contributed by atoms with Gasteiger partial charge in [-0.15, -0.1) is 0 Å².